The van der Waals surface area contributed by atoms with Gasteiger partial charge in [0, 0.05) is 19.4 Å². The summed E-state index contributed by atoms with van der Waals surface area (Å²) in [5.41, 5.74) is 2.78. The van der Waals surface area contributed by atoms with Gasteiger partial charge in [-0.2, -0.15) is 0 Å². The minimum absolute atomic E-state index is 0.0948. The van der Waals surface area contributed by atoms with Crippen LogP contribution < -0.4 is 0 Å². The summed E-state index contributed by atoms with van der Waals surface area (Å²) in [6.45, 7) is 19.8. The van der Waals surface area contributed by atoms with Crippen LogP contribution >= 0.6 is 0 Å². The normalized spacial score (nSPS) is 52.6. The van der Waals surface area contributed by atoms with Crippen molar-refractivity contribution in [3.63, 3.8) is 0 Å². The van der Waals surface area contributed by atoms with Gasteiger partial charge in [0.15, 0.2) is 0 Å². The van der Waals surface area contributed by atoms with Gasteiger partial charge in [-0.25, -0.2) is 0 Å². The number of hydrogen-bond acceptors (Lipinski definition) is 2. The molecule has 0 aromatic carbocycles. The average Bonchev–Trinajstić information content (AvgIpc) is 2.70. The van der Waals surface area contributed by atoms with Crippen LogP contribution in [0.25, 0.3) is 0 Å². The van der Waals surface area contributed by atoms with Crippen molar-refractivity contribution in [1.29, 1.82) is 0 Å². The average molecular weight is 455 g/mol. The highest BCUT2D eigenvalue weighted by Gasteiger charge is 2.71. The fourth-order valence-electron chi connectivity index (χ4n) is 10.8. The second kappa shape index (κ2) is 6.98. The van der Waals surface area contributed by atoms with E-state index in [1.54, 1.807) is 5.57 Å². The van der Waals surface area contributed by atoms with Gasteiger partial charge in [-0.15, -0.1) is 0 Å². The molecule has 0 saturated heterocycles. The van der Waals surface area contributed by atoms with Gasteiger partial charge in [-0.3, -0.25) is 4.79 Å². The topological polar surface area (TPSA) is 26.3 Å². The first-order valence-corrected chi connectivity index (χ1v) is 13.9. The van der Waals surface area contributed by atoms with E-state index in [9.17, 15) is 4.79 Å². The molecule has 5 rings (SSSR count). The Balaban J connectivity index is 1.60. The van der Waals surface area contributed by atoms with Crippen LogP contribution in [0.15, 0.2) is 11.6 Å². The molecule has 8 atom stereocenters. The lowest BCUT2D eigenvalue weighted by atomic mass is 9.32. The number of rotatable bonds is 1. The molecule has 0 aromatic rings. The van der Waals surface area contributed by atoms with E-state index in [4.69, 9.17) is 4.74 Å². The van der Waals surface area contributed by atoms with Crippen molar-refractivity contribution in [1.82, 2.24) is 0 Å². The lowest BCUT2D eigenvalue weighted by molar-refractivity contribution is -0.224. The molecule has 0 heterocycles. The second-order valence-corrected chi connectivity index (χ2v) is 15.3. The predicted molar refractivity (Wildman–Crippen MR) is 136 cm³/mol. The van der Waals surface area contributed by atoms with Crippen LogP contribution in [0, 0.1) is 50.2 Å². The molecule has 2 heteroatoms. The molecule has 186 valence electrons. The maximum atomic E-state index is 14.3. The highest BCUT2D eigenvalue weighted by Crippen LogP contribution is 2.75. The van der Waals surface area contributed by atoms with E-state index in [-0.39, 0.29) is 33.0 Å². The zero-order valence-electron chi connectivity index (χ0n) is 23.1. The highest BCUT2D eigenvalue weighted by molar-refractivity contribution is 5.85. The predicted octanol–water partition coefficient (Wildman–Crippen LogP) is 8.00. The molecule has 33 heavy (non-hydrogen) atoms. The van der Waals surface area contributed by atoms with E-state index >= 15 is 0 Å². The summed E-state index contributed by atoms with van der Waals surface area (Å²) in [7, 11) is 1.89. The fraction of sp³-hybridized carbons (Fsp3) is 0.903. The van der Waals surface area contributed by atoms with Gasteiger partial charge in [0.05, 0.1) is 6.10 Å². The fourth-order valence-corrected chi connectivity index (χ4v) is 10.8. The molecule has 0 N–H and O–H groups in total. The van der Waals surface area contributed by atoms with Gasteiger partial charge in [-0.05, 0) is 95.7 Å². The van der Waals surface area contributed by atoms with Crippen molar-refractivity contribution in [3.8, 4) is 0 Å². The minimum Gasteiger partial charge on any atom is -0.381 e. The zero-order chi connectivity index (χ0) is 24.2. The molecule has 4 fully saturated rings. The number of allylic oxidation sites excluding steroid dienone is 2. The summed E-state index contributed by atoms with van der Waals surface area (Å²) in [6.07, 6.45) is 13.6. The number of hydrogen-bond donors (Lipinski definition) is 0. The van der Waals surface area contributed by atoms with Gasteiger partial charge < -0.3 is 4.74 Å². The molecule has 5 aliphatic carbocycles. The maximum Gasteiger partial charge on any atom is 0.137 e. The molecule has 0 amide bonds. The molecule has 4 saturated carbocycles. The van der Waals surface area contributed by atoms with E-state index in [2.05, 4.69) is 61.5 Å². The van der Waals surface area contributed by atoms with Gasteiger partial charge in [0.1, 0.15) is 5.78 Å². The highest BCUT2D eigenvalue weighted by atomic mass is 16.5. The third-order valence-electron chi connectivity index (χ3n) is 12.9. The Bertz CT molecular complexity index is 881. The molecule has 2 nitrogen and oxygen atoms in total. The molecule has 0 radical (unpaired) electrons. The summed E-state index contributed by atoms with van der Waals surface area (Å²) < 4.78 is 5.99. The smallest absolute Gasteiger partial charge is 0.137 e. The van der Waals surface area contributed by atoms with Crippen molar-refractivity contribution < 1.29 is 9.53 Å². The largest absolute Gasteiger partial charge is 0.381 e. The lowest BCUT2D eigenvalue weighted by Crippen LogP contribution is -2.68. The Morgan fingerprint density at radius 2 is 1.48 bits per heavy atom. The summed E-state index contributed by atoms with van der Waals surface area (Å²) in [5.74, 6) is 1.79. The van der Waals surface area contributed by atoms with Gasteiger partial charge >= 0.3 is 0 Å². The van der Waals surface area contributed by atoms with Crippen LogP contribution in [0.1, 0.15) is 113 Å². The number of methoxy groups -OCH3 is 1. The standard InChI is InChI=1S/C31H50O2/c1-26(2)14-15-28(5)16-17-30(7)20(21(28)19-26)18-22(32)25-29(6)12-11-24(33-9)27(3,4)23(29)10-13-31(25,30)8/h19-20,23-25H,10-18H2,1-9H3/t20?,23?,24-,25?,28+,29-,30+,31+/m0/s1. The summed E-state index contributed by atoms with van der Waals surface area (Å²) in [5, 5.41) is 0. The molecule has 5 aliphatic rings. The molecule has 0 aliphatic heterocycles. The van der Waals surface area contributed by atoms with E-state index in [1.807, 2.05) is 7.11 Å². The van der Waals surface area contributed by atoms with Crippen molar-refractivity contribution in [2.45, 2.75) is 119 Å². The van der Waals surface area contributed by atoms with Crippen LogP contribution in [0.4, 0.5) is 0 Å². The van der Waals surface area contributed by atoms with Gasteiger partial charge in [0.2, 0.25) is 0 Å². The Morgan fingerprint density at radius 3 is 2.15 bits per heavy atom. The van der Waals surface area contributed by atoms with Crippen LogP contribution in [0.3, 0.4) is 0 Å². The van der Waals surface area contributed by atoms with Crippen LogP contribution in [-0.2, 0) is 9.53 Å². The van der Waals surface area contributed by atoms with Crippen molar-refractivity contribution in [2.75, 3.05) is 7.11 Å². The van der Waals surface area contributed by atoms with E-state index in [0.717, 1.165) is 19.3 Å². The lowest BCUT2D eigenvalue weighted by Gasteiger charge is -2.71. The summed E-state index contributed by atoms with van der Waals surface area (Å²) in [4.78, 5) is 14.3. The van der Waals surface area contributed by atoms with Crippen LogP contribution in [0.5, 0.6) is 0 Å². The van der Waals surface area contributed by atoms with E-state index in [1.165, 1.54) is 38.5 Å². The Labute approximate surface area is 203 Å². The molecule has 0 spiro atoms. The zero-order valence-corrected chi connectivity index (χ0v) is 23.1. The molecular formula is C31H50O2. The third kappa shape index (κ3) is 2.98. The Morgan fingerprint density at radius 1 is 0.818 bits per heavy atom. The number of carbonyl (C=O) groups is 1. The van der Waals surface area contributed by atoms with E-state index in [0.29, 0.717) is 29.1 Å². The number of ether oxygens (including phenoxy) is 1. The van der Waals surface area contributed by atoms with E-state index < -0.39 is 0 Å². The van der Waals surface area contributed by atoms with Crippen molar-refractivity contribution in [2.24, 2.45) is 50.2 Å². The monoisotopic (exact) mass is 454 g/mol. The van der Waals surface area contributed by atoms with Crippen LogP contribution in [-0.4, -0.2) is 19.0 Å². The first kappa shape index (κ1) is 24.1. The number of fused-ring (bicyclic) bond motifs is 7. The van der Waals surface area contributed by atoms with Crippen molar-refractivity contribution >= 4 is 5.78 Å². The van der Waals surface area contributed by atoms with Gasteiger partial charge in [0.25, 0.3) is 0 Å². The summed E-state index contributed by atoms with van der Waals surface area (Å²) in [6, 6.07) is 0. The summed E-state index contributed by atoms with van der Waals surface area (Å²) >= 11 is 0. The van der Waals surface area contributed by atoms with Crippen molar-refractivity contribution in [3.05, 3.63) is 11.6 Å². The molecular weight excluding hydrogens is 404 g/mol. The first-order valence-electron chi connectivity index (χ1n) is 13.9. The number of ketones is 1. The first-order chi connectivity index (χ1) is 15.1. The molecule has 0 aromatic heterocycles. The number of Topliss-reactive ketones (excluding diaryl/α,β-unsaturated/α-hetero) is 1. The molecule has 3 unspecified atom stereocenters. The Kier molecular flexibility index (Phi) is 5.10. The Hall–Kier alpha value is -0.630. The third-order valence-corrected chi connectivity index (χ3v) is 12.9. The molecule has 0 bridgehead atoms. The minimum atomic E-state index is 0.0948. The second-order valence-electron chi connectivity index (χ2n) is 15.3. The quantitative estimate of drug-likeness (QED) is 0.375. The van der Waals surface area contributed by atoms with Gasteiger partial charge in [-0.1, -0.05) is 67.0 Å². The number of carbonyl (C=O) groups excluding carboxylic acids is 1. The SMILES string of the molecule is CO[C@H]1CC[C@@]2(C)C(CC[C@]3(C)C2C(=O)CC2C4=CC(C)(C)CC[C@]4(C)CC[C@]23C)C1(C)C. The van der Waals surface area contributed by atoms with Crippen LogP contribution in [0.2, 0.25) is 0 Å². The maximum absolute atomic E-state index is 14.3.